The van der Waals surface area contributed by atoms with Crippen molar-refractivity contribution in [2.75, 3.05) is 6.61 Å². The molecule has 0 saturated heterocycles. The van der Waals surface area contributed by atoms with Crippen LogP contribution in [0, 0.1) is 0 Å². The zero-order valence-electron chi connectivity index (χ0n) is 8.92. The zero-order valence-corrected chi connectivity index (χ0v) is 9.68. The van der Waals surface area contributed by atoms with Gasteiger partial charge in [-0.15, -0.1) is 0 Å². The number of hydrogen-bond acceptors (Lipinski definition) is 2. The van der Waals surface area contributed by atoms with Crippen molar-refractivity contribution in [3.8, 4) is 5.75 Å². The van der Waals surface area contributed by atoms with Crippen LogP contribution in [-0.2, 0) is 12.8 Å². The van der Waals surface area contributed by atoms with E-state index in [0.717, 1.165) is 42.2 Å². The quantitative estimate of drug-likeness (QED) is 0.858. The summed E-state index contributed by atoms with van der Waals surface area (Å²) >= 11 is 6.06. The molecule has 15 heavy (non-hydrogen) atoms. The smallest absolute Gasteiger partial charge is 0.125 e. The number of benzene rings is 1. The topological polar surface area (TPSA) is 35.2 Å². The van der Waals surface area contributed by atoms with E-state index < -0.39 is 0 Å². The molecule has 0 spiro atoms. The Kier molecular flexibility index (Phi) is 3.17. The van der Waals surface area contributed by atoms with Crippen LogP contribution < -0.4 is 10.5 Å². The highest BCUT2D eigenvalue weighted by atomic mass is 35.5. The first-order valence-electron chi connectivity index (χ1n) is 5.40. The lowest BCUT2D eigenvalue weighted by Crippen LogP contribution is -2.21. The summed E-state index contributed by atoms with van der Waals surface area (Å²) in [6.07, 6.45) is 2.78. The van der Waals surface area contributed by atoms with E-state index in [1.54, 1.807) is 0 Å². The van der Waals surface area contributed by atoms with Crippen LogP contribution in [0.15, 0.2) is 12.1 Å². The third kappa shape index (κ3) is 2.27. The van der Waals surface area contributed by atoms with E-state index in [9.17, 15) is 0 Å². The van der Waals surface area contributed by atoms with Crippen LogP contribution in [0.1, 0.15) is 24.5 Å². The molecule has 0 fully saturated rings. The molecule has 1 unspecified atom stereocenters. The second-order valence-electron chi connectivity index (χ2n) is 4.02. The maximum atomic E-state index is 6.06. The molecule has 2 nitrogen and oxygen atoms in total. The highest BCUT2D eigenvalue weighted by molar-refractivity contribution is 6.30. The number of nitrogens with two attached hydrogens (primary N) is 1. The molecule has 2 rings (SSSR count). The zero-order chi connectivity index (χ0) is 10.8. The highest BCUT2D eigenvalue weighted by Crippen LogP contribution is 2.33. The predicted molar refractivity (Wildman–Crippen MR) is 62.6 cm³/mol. The van der Waals surface area contributed by atoms with Crippen molar-refractivity contribution in [3.05, 3.63) is 28.3 Å². The molecule has 1 aromatic carbocycles. The lowest BCUT2D eigenvalue weighted by Gasteiger charge is -2.12. The molecule has 1 atom stereocenters. The Labute approximate surface area is 95.4 Å². The second-order valence-corrected chi connectivity index (χ2v) is 4.46. The summed E-state index contributed by atoms with van der Waals surface area (Å²) in [5.41, 5.74) is 8.33. The summed E-state index contributed by atoms with van der Waals surface area (Å²) < 4.78 is 5.62. The van der Waals surface area contributed by atoms with Gasteiger partial charge < -0.3 is 10.5 Å². The van der Waals surface area contributed by atoms with Crippen LogP contribution >= 0.6 is 11.6 Å². The van der Waals surface area contributed by atoms with Crippen molar-refractivity contribution in [1.82, 2.24) is 0 Å². The number of halogens is 1. The molecular formula is C12H16ClNO. The lowest BCUT2D eigenvalue weighted by atomic mass is 10.0. The van der Waals surface area contributed by atoms with E-state index in [-0.39, 0.29) is 6.04 Å². The third-order valence-corrected chi connectivity index (χ3v) is 3.05. The first-order chi connectivity index (χ1) is 7.20. The molecule has 3 heteroatoms. The van der Waals surface area contributed by atoms with Gasteiger partial charge >= 0.3 is 0 Å². The van der Waals surface area contributed by atoms with E-state index in [1.165, 1.54) is 5.56 Å². The van der Waals surface area contributed by atoms with Gasteiger partial charge in [0.1, 0.15) is 5.75 Å². The summed E-state index contributed by atoms with van der Waals surface area (Å²) in [6.45, 7) is 2.86. The molecule has 82 valence electrons. The molecule has 0 bridgehead atoms. The van der Waals surface area contributed by atoms with Crippen LogP contribution in [0.4, 0.5) is 0 Å². The van der Waals surface area contributed by atoms with Crippen molar-refractivity contribution in [2.45, 2.75) is 32.2 Å². The fraction of sp³-hybridized carbons (Fsp3) is 0.500. The Balaban J connectivity index is 2.30. The van der Waals surface area contributed by atoms with Crippen molar-refractivity contribution < 1.29 is 4.74 Å². The number of fused-ring (bicyclic) bond motifs is 1. The fourth-order valence-corrected chi connectivity index (χ4v) is 2.19. The van der Waals surface area contributed by atoms with Gasteiger partial charge in [-0.2, -0.15) is 0 Å². The molecule has 1 aliphatic heterocycles. The fourth-order valence-electron chi connectivity index (χ4n) is 1.92. The average molecular weight is 226 g/mol. The summed E-state index contributed by atoms with van der Waals surface area (Å²) in [5, 5.41) is 0.789. The van der Waals surface area contributed by atoms with Gasteiger partial charge in [0.25, 0.3) is 0 Å². The SMILES string of the molecule is CCC(N)Cc1cc(Cl)cc2c1OCC2. The van der Waals surface area contributed by atoms with Gasteiger partial charge in [-0.3, -0.25) is 0 Å². The highest BCUT2D eigenvalue weighted by Gasteiger charge is 2.18. The van der Waals surface area contributed by atoms with Gasteiger partial charge in [0.05, 0.1) is 6.61 Å². The average Bonchev–Trinajstić information content (AvgIpc) is 2.65. The Morgan fingerprint density at radius 1 is 1.53 bits per heavy atom. The first kappa shape index (κ1) is 10.8. The van der Waals surface area contributed by atoms with E-state index in [4.69, 9.17) is 22.1 Å². The molecule has 0 amide bonds. The Bertz CT molecular complexity index is 365. The standard InChI is InChI=1S/C12H16ClNO/c1-2-11(14)7-9-6-10(13)5-8-3-4-15-12(8)9/h5-6,11H,2-4,7,14H2,1H3. The van der Waals surface area contributed by atoms with Crippen molar-refractivity contribution >= 4 is 11.6 Å². The van der Waals surface area contributed by atoms with Gasteiger partial charge in [-0.1, -0.05) is 18.5 Å². The van der Waals surface area contributed by atoms with Crippen molar-refractivity contribution in [2.24, 2.45) is 5.73 Å². The molecule has 0 radical (unpaired) electrons. The van der Waals surface area contributed by atoms with Crippen LogP contribution in [-0.4, -0.2) is 12.6 Å². The summed E-state index contributed by atoms with van der Waals surface area (Å²) in [7, 11) is 0. The molecule has 2 N–H and O–H groups in total. The summed E-state index contributed by atoms with van der Waals surface area (Å²) in [5.74, 6) is 1.02. The van der Waals surface area contributed by atoms with E-state index in [0.29, 0.717) is 0 Å². The maximum Gasteiger partial charge on any atom is 0.125 e. The third-order valence-electron chi connectivity index (χ3n) is 2.83. The van der Waals surface area contributed by atoms with Gasteiger partial charge in [-0.05, 0) is 36.1 Å². The van der Waals surface area contributed by atoms with E-state index in [1.807, 2.05) is 12.1 Å². The summed E-state index contributed by atoms with van der Waals surface area (Å²) in [6, 6.07) is 4.16. The van der Waals surface area contributed by atoms with Crippen LogP contribution in [0.5, 0.6) is 5.75 Å². The van der Waals surface area contributed by atoms with Gasteiger partial charge in [0, 0.05) is 17.5 Å². The summed E-state index contributed by atoms with van der Waals surface area (Å²) in [4.78, 5) is 0. The molecule has 1 aliphatic rings. The first-order valence-corrected chi connectivity index (χ1v) is 5.78. The molecule has 0 aliphatic carbocycles. The molecule has 1 aromatic rings. The number of rotatable bonds is 3. The van der Waals surface area contributed by atoms with E-state index >= 15 is 0 Å². The van der Waals surface area contributed by atoms with Crippen LogP contribution in [0.25, 0.3) is 0 Å². The van der Waals surface area contributed by atoms with Crippen LogP contribution in [0.2, 0.25) is 5.02 Å². The van der Waals surface area contributed by atoms with Crippen molar-refractivity contribution in [1.29, 1.82) is 0 Å². The van der Waals surface area contributed by atoms with E-state index in [2.05, 4.69) is 6.92 Å². The molecular weight excluding hydrogens is 210 g/mol. The van der Waals surface area contributed by atoms with Crippen molar-refractivity contribution in [3.63, 3.8) is 0 Å². The Morgan fingerprint density at radius 2 is 2.33 bits per heavy atom. The molecule has 0 saturated carbocycles. The minimum Gasteiger partial charge on any atom is -0.493 e. The number of hydrogen-bond donors (Lipinski definition) is 1. The maximum absolute atomic E-state index is 6.06. The van der Waals surface area contributed by atoms with Gasteiger partial charge in [0.2, 0.25) is 0 Å². The Hall–Kier alpha value is -0.730. The normalized spacial score (nSPS) is 15.9. The minimum atomic E-state index is 0.191. The lowest BCUT2D eigenvalue weighted by molar-refractivity contribution is 0.352. The van der Waals surface area contributed by atoms with Gasteiger partial charge in [0.15, 0.2) is 0 Å². The second kappa shape index (κ2) is 4.42. The largest absolute Gasteiger partial charge is 0.493 e. The minimum absolute atomic E-state index is 0.191. The monoisotopic (exact) mass is 225 g/mol. The van der Waals surface area contributed by atoms with Crippen LogP contribution in [0.3, 0.4) is 0 Å². The molecule has 1 heterocycles. The van der Waals surface area contributed by atoms with Gasteiger partial charge in [-0.25, -0.2) is 0 Å². The predicted octanol–water partition coefficient (Wildman–Crippen LogP) is 2.55. The molecule has 0 aromatic heterocycles. The Morgan fingerprint density at radius 3 is 3.07 bits per heavy atom. The number of ether oxygens (including phenoxy) is 1.